The summed E-state index contributed by atoms with van der Waals surface area (Å²) in [7, 11) is -0.333. The minimum absolute atomic E-state index is 0. The molecule has 0 amide bonds. The topological polar surface area (TPSA) is 0 Å². The molecule has 0 saturated carbocycles. The van der Waals surface area contributed by atoms with E-state index in [0.717, 1.165) is 0 Å². The van der Waals surface area contributed by atoms with Gasteiger partial charge >= 0.3 is 40.1 Å². The Hall–Kier alpha value is 0.537. The second kappa shape index (κ2) is 14.5. The first-order valence-electron chi connectivity index (χ1n) is 6.23. The first-order chi connectivity index (χ1) is 8.32. The first-order valence-corrected chi connectivity index (χ1v) is 15.5. The number of rotatable bonds is 0. The predicted octanol–water partition coefficient (Wildman–Crippen LogP) is -1.16. The Labute approximate surface area is 150 Å². The molecular formula is C16H24Cl2GeTi-2. The number of hydrogen-bond donors (Lipinski definition) is 0. The average Bonchev–Trinajstić information content (AvgIpc) is 2.77. The summed E-state index contributed by atoms with van der Waals surface area (Å²) in [5, 5.41) is 0. The van der Waals surface area contributed by atoms with Gasteiger partial charge in [-0.1, -0.05) is 27.7 Å². The van der Waals surface area contributed by atoms with E-state index in [9.17, 15) is 0 Å². The van der Waals surface area contributed by atoms with E-state index in [1.165, 1.54) is 22.3 Å². The molecule has 0 spiro atoms. The molecule has 2 aromatic rings. The van der Waals surface area contributed by atoms with Crippen molar-refractivity contribution >= 4 is 11.0 Å². The maximum absolute atomic E-state index is 2.33. The minimum atomic E-state index is -0.333. The second-order valence-corrected chi connectivity index (χ2v) is 17.2. The molecular weight excluding hydrogens is 384 g/mol. The summed E-state index contributed by atoms with van der Waals surface area (Å²) in [5.74, 6) is 4.67. The van der Waals surface area contributed by atoms with Crippen molar-refractivity contribution in [2.45, 2.75) is 39.2 Å². The summed E-state index contributed by atoms with van der Waals surface area (Å²) in [4.78, 5) is 0. The van der Waals surface area contributed by atoms with Gasteiger partial charge in [-0.2, -0.15) is 41.0 Å². The van der Waals surface area contributed by atoms with Crippen molar-refractivity contribution in [1.29, 1.82) is 0 Å². The van der Waals surface area contributed by atoms with Crippen molar-refractivity contribution in [3.8, 4) is 0 Å². The van der Waals surface area contributed by atoms with Crippen molar-refractivity contribution in [2.24, 2.45) is 0 Å². The molecule has 0 aliphatic rings. The molecule has 0 fully saturated rings. The van der Waals surface area contributed by atoms with Crippen LogP contribution in [0.15, 0.2) is 36.4 Å². The molecule has 0 unspecified atom stereocenters. The Morgan fingerprint density at radius 2 is 1.50 bits per heavy atom. The van der Waals surface area contributed by atoms with Crippen LogP contribution in [0, 0.1) is 27.7 Å². The molecule has 112 valence electrons. The molecule has 4 heteroatoms. The first kappa shape index (κ1) is 25.5. The summed E-state index contributed by atoms with van der Waals surface area (Å²) in [6.07, 6.45) is 0. The molecule has 0 bridgehead atoms. The van der Waals surface area contributed by atoms with E-state index in [-0.39, 0.29) is 35.8 Å². The average molecular weight is 408 g/mol. The van der Waals surface area contributed by atoms with Crippen LogP contribution in [0.2, 0.25) is 11.5 Å². The van der Waals surface area contributed by atoms with Gasteiger partial charge in [-0.05, 0) is 0 Å². The third kappa shape index (κ3) is 14.9. The zero-order valence-electron chi connectivity index (χ0n) is 13.2. The fraction of sp³-hybridized carbons (Fsp3) is 0.375. The molecule has 0 N–H and O–H groups in total. The number of halogens is 2. The molecule has 20 heavy (non-hydrogen) atoms. The van der Waals surface area contributed by atoms with Gasteiger partial charge in [-0.3, -0.25) is 0 Å². The zero-order chi connectivity index (χ0) is 14.1. The van der Waals surface area contributed by atoms with Gasteiger partial charge in [0.05, 0.1) is 0 Å². The van der Waals surface area contributed by atoms with Crippen LogP contribution in [0.5, 0.6) is 0 Å². The van der Waals surface area contributed by atoms with Crippen LogP contribution in [-0.4, -0.2) is 11.0 Å². The van der Waals surface area contributed by atoms with E-state index in [0.29, 0.717) is 0 Å². The van der Waals surface area contributed by atoms with Gasteiger partial charge in [0.25, 0.3) is 0 Å². The van der Waals surface area contributed by atoms with E-state index in [4.69, 9.17) is 0 Å². The standard InChI is InChI=1S/2C7H9.C2H6Ge.2ClH.Ti/c1-6-3-4-7(2)5-6;1-6-4-3-5-7(6)2;1-3-2;;;/h2*3-5H,1-2H3;1-2H3;2*1H;/q2*-1;;;;+2/p-2. The molecule has 2 aromatic carbocycles. The van der Waals surface area contributed by atoms with Crippen molar-refractivity contribution < 1.29 is 42.4 Å². The van der Waals surface area contributed by atoms with Crippen molar-refractivity contribution in [3.05, 3.63) is 58.7 Å². The smallest absolute Gasteiger partial charge is 1.00 e. The summed E-state index contributed by atoms with van der Waals surface area (Å²) in [6.45, 7) is 8.45. The Morgan fingerprint density at radius 1 is 1.00 bits per heavy atom. The van der Waals surface area contributed by atoms with E-state index < -0.39 is 0 Å². The van der Waals surface area contributed by atoms with Gasteiger partial charge < -0.3 is 24.8 Å². The van der Waals surface area contributed by atoms with Gasteiger partial charge in [-0.25, -0.2) is 17.7 Å². The molecule has 2 rings (SSSR count). The van der Waals surface area contributed by atoms with E-state index in [1.807, 2.05) is 0 Å². The minimum Gasteiger partial charge on any atom is -1.00 e. The van der Waals surface area contributed by atoms with E-state index in [2.05, 4.69) is 93.2 Å². The maximum Gasteiger partial charge on any atom is -1.00 e. The molecule has 0 saturated heterocycles. The summed E-state index contributed by atoms with van der Waals surface area (Å²) in [6, 6.07) is 12.7. The Morgan fingerprint density at radius 3 is 1.60 bits per heavy atom. The van der Waals surface area contributed by atoms with E-state index >= 15 is 0 Å². The van der Waals surface area contributed by atoms with E-state index in [1.54, 1.807) is 0 Å². The molecule has 0 radical (unpaired) electrons. The summed E-state index contributed by atoms with van der Waals surface area (Å²) < 4.78 is 0. The third-order valence-electron chi connectivity index (χ3n) is 2.38. The van der Waals surface area contributed by atoms with Crippen LogP contribution in [0.25, 0.3) is 0 Å². The normalized spacial score (nSPS) is 8.00. The number of aryl methyl sites for hydroxylation is 4. The van der Waals surface area contributed by atoms with Gasteiger partial charge in [0.2, 0.25) is 0 Å². The van der Waals surface area contributed by atoms with Crippen LogP contribution in [0.3, 0.4) is 0 Å². The molecule has 0 nitrogen and oxygen atoms in total. The van der Waals surface area contributed by atoms with Gasteiger partial charge in [-0.15, -0.1) is 0 Å². The molecule has 0 atom stereocenters. The fourth-order valence-corrected chi connectivity index (χ4v) is 1.32. The van der Waals surface area contributed by atoms with Crippen LogP contribution >= 0.6 is 0 Å². The third-order valence-corrected chi connectivity index (χ3v) is 2.38. The zero-order valence-corrected chi connectivity index (χ0v) is 18.4. The SMILES string of the molecule is Cc1c[cH-]c(C)c1.Cc1cc[cH-]c1C.[CH3][Ge]([CH3])=[Ti+2].[Cl-].[Cl-]. The summed E-state index contributed by atoms with van der Waals surface area (Å²) in [5.41, 5.74) is 5.50. The van der Waals surface area contributed by atoms with Crippen LogP contribution in [0.4, 0.5) is 0 Å². The largest absolute Gasteiger partial charge is 1.00 e. The Balaban J connectivity index is -0.000000215. The van der Waals surface area contributed by atoms with Crippen molar-refractivity contribution in [1.82, 2.24) is 0 Å². The Bertz CT molecular complexity index is 435. The number of hydrogen-bond acceptors (Lipinski definition) is 0. The van der Waals surface area contributed by atoms with Crippen molar-refractivity contribution in [2.75, 3.05) is 0 Å². The predicted molar refractivity (Wildman–Crippen MR) is 80.5 cm³/mol. The van der Waals surface area contributed by atoms with Crippen LogP contribution < -0.4 is 24.8 Å². The van der Waals surface area contributed by atoms with Crippen LogP contribution in [0.1, 0.15) is 22.3 Å². The van der Waals surface area contributed by atoms with Crippen molar-refractivity contribution in [3.63, 3.8) is 0 Å². The summed E-state index contributed by atoms with van der Waals surface area (Å²) >= 11 is 2.33. The molecule has 0 aliphatic carbocycles. The van der Waals surface area contributed by atoms with Gasteiger partial charge in [0.1, 0.15) is 0 Å². The van der Waals surface area contributed by atoms with Gasteiger partial charge in [0.15, 0.2) is 0 Å². The second-order valence-electron chi connectivity index (χ2n) is 4.86. The van der Waals surface area contributed by atoms with Gasteiger partial charge in [0, 0.05) is 0 Å². The fourth-order valence-electron chi connectivity index (χ4n) is 1.32. The molecule has 0 heterocycles. The quantitative estimate of drug-likeness (QED) is 0.382. The van der Waals surface area contributed by atoms with Crippen LogP contribution in [-0.2, 0) is 17.6 Å². The monoisotopic (exact) mass is 408 g/mol. The molecule has 0 aromatic heterocycles. The maximum atomic E-state index is 2.33. The molecule has 0 aliphatic heterocycles. The Kier molecular flexibility index (Phi) is 18.4.